The van der Waals surface area contributed by atoms with Crippen molar-refractivity contribution in [2.75, 3.05) is 12.8 Å². The number of nitrogens with zero attached hydrogens (tertiary/aromatic N) is 3. The van der Waals surface area contributed by atoms with E-state index < -0.39 is 0 Å². The van der Waals surface area contributed by atoms with Gasteiger partial charge in [-0.25, -0.2) is 0 Å². The van der Waals surface area contributed by atoms with Gasteiger partial charge in [-0.15, -0.1) is 10.2 Å². The Bertz CT molecular complexity index is 855. The number of carbonyl (C=O) groups is 1. The van der Waals surface area contributed by atoms with Crippen LogP contribution in [0.3, 0.4) is 0 Å². The summed E-state index contributed by atoms with van der Waals surface area (Å²) in [4.78, 5) is 13.8. The standard InChI is InChI=1S/C18H19N3O3S/c1-12-4-7-14(8-5-12)17-19-20-18(24-17)25-11-16(22)21(3)10-15-9-6-13(2)23-15/h4-9H,10-11H2,1-3H3. The number of carbonyl (C=O) groups excluding carboxylic acids is 1. The number of rotatable bonds is 6. The van der Waals surface area contributed by atoms with Crippen molar-refractivity contribution < 1.29 is 13.6 Å². The van der Waals surface area contributed by atoms with Crippen molar-refractivity contribution in [3.05, 3.63) is 53.5 Å². The lowest BCUT2D eigenvalue weighted by Crippen LogP contribution is -2.27. The summed E-state index contributed by atoms with van der Waals surface area (Å²) >= 11 is 1.23. The molecule has 130 valence electrons. The summed E-state index contributed by atoms with van der Waals surface area (Å²) in [7, 11) is 1.74. The molecule has 0 spiro atoms. The molecule has 0 saturated carbocycles. The lowest BCUT2D eigenvalue weighted by Gasteiger charge is -2.14. The molecular formula is C18H19N3O3S. The third-order valence-electron chi connectivity index (χ3n) is 3.64. The predicted octanol–water partition coefficient (Wildman–Crippen LogP) is 3.70. The van der Waals surface area contributed by atoms with E-state index >= 15 is 0 Å². The normalized spacial score (nSPS) is 10.8. The van der Waals surface area contributed by atoms with Crippen LogP contribution >= 0.6 is 11.8 Å². The smallest absolute Gasteiger partial charge is 0.277 e. The lowest BCUT2D eigenvalue weighted by molar-refractivity contribution is -0.127. The summed E-state index contributed by atoms with van der Waals surface area (Å²) in [6.45, 7) is 4.33. The average Bonchev–Trinajstić information content (AvgIpc) is 3.22. The van der Waals surface area contributed by atoms with Gasteiger partial charge in [-0.2, -0.15) is 0 Å². The summed E-state index contributed by atoms with van der Waals surface area (Å²) in [5, 5.41) is 8.40. The fraction of sp³-hybridized carbons (Fsp3) is 0.278. The Labute approximate surface area is 150 Å². The van der Waals surface area contributed by atoms with Gasteiger partial charge in [0.2, 0.25) is 11.8 Å². The van der Waals surface area contributed by atoms with E-state index in [4.69, 9.17) is 8.83 Å². The maximum Gasteiger partial charge on any atom is 0.277 e. The second-order valence-electron chi connectivity index (χ2n) is 5.79. The Balaban J connectivity index is 1.54. The van der Waals surface area contributed by atoms with Gasteiger partial charge in [-0.1, -0.05) is 29.5 Å². The SMILES string of the molecule is Cc1ccc(-c2nnc(SCC(=O)N(C)Cc3ccc(C)o3)o2)cc1. The maximum absolute atomic E-state index is 12.2. The van der Waals surface area contributed by atoms with E-state index in [1.807, 2.05) is 50.2 Å². The van der Waals surface area contributed by atoms with Gasteiger partial charge in [-0.05, 0) is 38.1 Å². The van der Waals surface area contributed by atoms with Gasteiger partial charge < -0.3 is 13.7 Å². The van der Waals surface area contributed by atoms with Crippen molar-refractivity contribution in [1.29, 1.82) is 0 Å². The monoisotopic (exact) mass is 357 g/mol. The van der Waals surface area contributed by atoms with E-state index in [1.54, 1.807) is 11.9 Å². The van der Waals surface area contributed by atoms with E-state index in [1.165, 1.54) is 17.3 Å². The minimum atomic E-state index is -0.0332. The number of thioether (sulfide) groups is 1. The summed E-state index contributed by atoms with van der Waals surface area (Å²) in [5.74, 6) is 2.24. The highest BCUT2D eigenvalue weighted by molar-refractivity contribution is 7.99. The van der Waals surface area contributed by atoms with Crippen molar-refractivity contribution in [2.45, 2.75) is 25.6 Å². The number of furan rings is 1. The van der Waals surface area contributed by atoms with Gasteiger partial charge in [0.15, 0.2) is 0 Å². The zero-order chi connectivity index (χ0) is 17.8. The molecule has 0 saturated heterocycles. The van der Waals surface area contributed by atoms with Gasteiger partial charge in [0.05, 0.1) is 12.3 Å². The quantitative estimate of drug-likeness (QED) is 0.627. The third-order valence-corrected chi connectivity index (χ3v) is 4.44. The molecule has 0 aliphatic rings. The van der Waals surface area contributed by atoms with Crippen molar-refractivity contribution in [2.24, 2.45) is 0 Å². The Morgan fingerprint density at radius 2 is 1.84 bits per heavy atom. The van der Waals surface area contributed by atoms with E-state index in [0.717, 1.165) is 17.1 Å². The summed E-state index contributed by atoms with van der Waals surface area (Å²) in [5.41, 5.74) is 2.03. The topological polar surface area (TPSA) is 72.4 Å². The number of hydrogen-bond donors (Lipinski definition) is 0. The predicted molar refractivity (Wildman–Crippen MR) is 95.1 cm³/mol. The average molecular weight is 357 g/mol. The molecule has 2 aromatic heterocycles. The van der Waals surface area contributed by atoms with Crippen LogP contribution in [0.25, 0.3) is 11.5 Å². The molecule has 0 bridgehead atoms. The maximum atomic E-state index is 12.2. The van der Waals surface area contributed by atoms with Gasteiger partial charge in [0.1, 0.15) is 11.5 Å². The summed E-state index contributed by atoms with van der Waals surface area (Å²) < 4.78 is 11.1. The van der Waals surface area contributed by atoms with Crippen molar-refractivity contribution in [3.8, 4) is 11.5 Å². The van der Waals surface area contributed by atoms with Crippen LogP contribution in [0.1, 0.15) is 17.1 Å². The van der Waals surface area contributed by atoms with Crippen molar-refractivity contribution in [3.63, 3.8) is 0 Å². The van der Waals surface area contributed by atoms with E-state index in [0.29, 0.717) is 17.7 Å². The molecule has 1 amide bonds. The molecule has 3 aromatic rings. The largest absolute Gasteiger partial charge is 0.464 e. The van der Waals surface area contributed by atoms with Crippen LogP contribution < -0.4 is 0 Å². The van der Waals surface area contributed by atoms with Gasteiger partial charge >= 0.3 is 0 Å². The van der Waals surface area contributed by atoms with Crippen molar-refractivity contribution in [1.82, 2.24) is 15.1 Å². The zero-order valence-corrected chi connectivity index (χ0v) is 15.2. The molecule has 0 aliphatic carbocycles. The molecule has 0 fully saturated rings. The highest BCUT2D eigenvalue weighted by atomic mass is 32.2. The Morgan fingerprint density at radius 1 is 1.08 bits per heavy atom. The molecule has 25 heavy (non-hydrogen) atoms. The molecule has 2 heterocycles. The number of benzene rings is 1. The first-order valence-electron chi connectivity index (χ1n) is 7.84. The van der Waals surface area contributed by atoms with Crippen molar-refractivity contribution >= 4 is 17.7 Å². The molecule has 1 aromatic carbocycles. The second kappa shape index (κ2) is 7.57. The second-order valence-corrected chi connectivity index (χ2v) is 6.72. The molecule has 0 N–H and O–H groups in total. The fourth-order valence-electron chi connectivity index (χ4n) is 2.21. The van der Waals surface area contributed by atoms with Crippen LogP contribution in [-0.2, 0) is 11.3 Å². The van der Waals surface area contributed by atoms with E-state index in [-0.39, 0.29) is 11.7 Å². The highest BCUT2D eigenvalue weighted by Gasteiger charge is 2.15. The molecule has 3 rings (SSSR count). The number of aromatic nitrogens is 2. The molecular weight excluding hydrogens is 338 g/mol. The van der Waals surface area contributed by atoms with Crippen LogP contribution in [-0.4, -0.2) is 33.8 Å². The van der Waals surface area contributed by atoms with E-state index in [9.17, 15) is 4.79 Å². The Kier molecular flexibility index (Phi) is 5.23. The Morgan fingerprint density at radius 3 is 2.52 bits per heavy atom. The molecule has 6 nitrogen and oxygen atoms in total. The first kappa shape index (κ1) is 17.3. The summed E-state index contributed by atoms with van der Waals surface area (Å²) in [6, 6.07) is 11.6. The lowest BCUT2D eigenvalue weighted by atomic mass is 10.1. The van der Waals surface area contributed by atoms with Crippen LogP contribution in [0, 0.1) is 13.8 Å². The van der Waals surface area contributed by atoms with Crippen LogP contribution in [0.4, 0.5) is 0 Å². The Hall–Kier alpha value is -2.54. The van der Waals surface area contributed by atoms with Crippen LogP contribution in [0.5, 0.6) is 0 Å². The van der Waals surface area contributed by atoms with Crippen LogP contribution in [0.15, 0.2) is 50.5 Å². The van der Waals surface area contributed by atoms with E-state index in [2.05, 4.69) is 10.2 Å². The van der Waals surface area contributed by atoms with Gasteiger partial charge in [0, 0.05) is 12.6 Å². The zero-order valence-electron chi connectivity index (χ0n) is 14.4. The van der Waals surface area contributed by atoms with Gasteiger partial charge in [0.25, 0.3) is 5.22 Å². The molecule has 0 radical (unpaired) electrons. The molecule has 0 atom stereocenters. The molecule has 0 unspecified atom stereocenters. The highest BCUT2D eigenvalue weighted by Crippen LogP contribution is 2.23. The number of aryl methyl sites for hydroxylation is 2. The fourth-order valence-corrected chi connectivity index (χ4v) is 2.91. The first-order chi connectivity index (χ1) is 12.0. The third kappa shape index (κ3) is 4.51. The summed E-state index contributed by atoms with van der Waals surface area (Å²) in [6.07, 6.45) is 0. The minimum absolute atomic E-state index is 0.0332. The first-order valence-corrected chi connectivity index (χ1v) is 8.82. The minimum Gasteiger partial charge on any atom is -0.464 e. The molecule has 7 heteroatoms. The molecule has 0 aliphatic heterocycles. The number of amides is 1. The van der Waals surface area contributed by atoms with Crippen LogP contribution in [0.2, 0.25) is 0 Å². The number of hydrogen-bond acceptors (Lipinski definition) is 6. The van der Waals surface area contributed by atoms with Gasteiger partial charge in [-0.3, -0.25) is 4.79 Å².